The Morgan fingerprint density at radius 1 is 1.44 bits per heavy atom. The highest BCUT2D eigenvalue weighted by Gasteiger charge is 2.32. The maximum atomic E-state index is 12.0. The van der Waals surface area contributed by atoms with E-state index in [4.69, 9.17) is 5.73 Å². The number of hydrogen-bond donors (Lipinski definition) is 1. The maximum absolute atomic E-state index is 12.0. The Morgan fingerprint density at radius 2 is 2.06 bits per heavy atom. The van der Waals surface area contributed by atoms with Gasteiger partial charge in [0.2, 0.25) is 0 Å². The Hall–Kier alpha value is -1.72. The van der Waals surface area contributed by atoms with Crippen LogP contribution in [0.15, 0.2) is 18.2 Å². The summed E-state index contributed by atoms with van der Waals surface area (Å²) in [6.07, 6.45) is -4.80. The minimum absolute atomic E-state index is 0.0130. The molecule has 1 aromatic rings. The molecule has 0 heterocycles. The second kappa shape index (κ2) is 4.42. The Balaban J connectivity index is 2.99. The fourth-order valence-electron chi connectivity index (χ4n) is 1.23. The zero-order valence-corrected chi connectivity index (χ0v) is 8.47. The quantitative estimate of drug-likeness (QED) is 0.815. The summed E-state index contributed by atoms with van der Waals surface area (Å²) < 4.78 is 39.6. The molecule has 0 atom stereocenters. The number of anilines is 1. The van der Waals surface area contributed by atoms with Crippen molar-refractivity contribution in [3.63, 3.8) is 0 Å². The summed E-state index contributed by atoms with van der Waals surface area (Å²) in [6.45, 7) is 1.33. The molecule has 0 unspecified atom stereocenters. The summed E-state index contributed by atoms with van der Waals surface area (Å²) in [5, 5.41) is 0. The van der Waals surface area contributed by atoms with Gasteiger partial charge in [-0.15, -0.1) is 13.2 Å². The second-order valence-corrected chi connectivity index (χ2v) is 3.26. The van der Waals surface area contributed by atoms with Crippen LogP contribution < -0.4 is 10.5 Å². The maximum Gasteiger partial charge on any atom is 0.573 e. The van der Waals surface area contributed by atoms with Crippen molar-refractivity contribution < 1.29 is 22.7 Å². The van der Waals surface area contributed by atoms with E-state index >= 15 is 0 Å². The number of para-hydroxylation sites is 1. The van der Waals surface area contributed by atoms with Crippen LogP contribution in [0, 0.1) is 0 Å². The Bertz CT molecular complexity index is 402. The Kier molecular flexibility index (Phi) is 3.41. The number of rotatable bonds is 3. The van der Waals surface area contributed by atoms with Gasteiger partial charge in [-0.25, -0.2) is 0 Å². The zero-order chi connectivity index (χ0) is 12.3. The van der Waals surface area contributed by atoms with E-state index in [9.17, 15) is 18.0 Å². The molecule has 0 saturated heterocycles. The van der Waals surface area contributed by atoms with Gasteiger partial charge in [0, 0.05) is 6.42 Å². The molecule has 0 amide bonds. The number of Topliss-reactive ketones (excluding diaryl/α,β-unsaturated/α-hetero) is 1. The highest BCUT2D eigenvalue weighted by atomic mass is 19.4. The summed E-state index contributed by atoms with van der Waals surface area (Å²) in [7, 11) is 0. The highest BCUT2D eigenvalue weighted by Crippen LogP contribution is 2.30. The number of ketones is 1. The molecule has 0 aliphatic heterocycles. The van der Waals surface area contributed by atoms with Gasteiger partial charge in [-0.1, -0.05) is 12.1 Å². The van der Waals surface area contributed by atoms with Gasteiger partial charge in [-0.05, 0) is 18.6 Å². The summed E-state index contributed by atoms with van der Waals surface area (Å²) >= 11 is 0. The number of benzene rings is 1. The number of ether oxygens (including phenoxy) is 1. The first-order valence-electron chi connectivity index (χ1n) is 4.42. The predicted octanol–water partition coefficient (Wildman–Crippen LogP) is 2.30. The number of halogens is 3. The van der Waals surface area contributed by atoms with Gasteiger partial charge in [0.1, 0.15) is 5.78 Å². The van der Waals surface area contributed by atoms with E-state index < -0.39 is 12.1 Å². The van der Waals surface area contributed by atoms with Crippen LogP contribution in [0.3, 0.4) is 0 Å². The van der Waals surface area contributed by atoms with Crippen molar-refractivity contribution >= 4 is 11.5 Å². The van der Waals surface area contributed by atoms with Crippen molar-refractivity contribution in [1.29, 1.82) is 0 Å². The molecule has 3 nitrogen and oxygen atoms in total. The molecule has 0 saturated carbocycles. The molecule has 16 heavy (non-hydrogen) atoms. The monoisotopic (exact) mass is 233 g/mol. The first-order valence-corrected chi connectivity index (χ1v) is 4.42. The molecule has 0 bridgehead atoms. The summed E-state index contributed by atoms with van der Waals surface area (Å²) in [5.74, 6) is -0.665. The normalized spacial score (nSPS) is 11.2. The third kappa shape index (κ3) is 3.45. The first-order chi connectivity index (χ1) is 7.29. The number of nitrogens with two attached hydrogens (primary N) is 1. The number of nitrogen functional groups attached to an aromatic ring is 1. The van der Waals surface area contributed by atoms with Crippen LogP contribution in [0.2, 0.25) is 0 Å². The number of carbonyl (C=O) groups is 1. The summed E-state index contributed by atoms with van der Waals surface area (Å²) in [5.41, 5.74) is 5.63. The van der Waals surface area contributed by atoms with Crippen LogP contribution in [0.25, 0.3) is 0 Å². The molecule has 2 N–H and O–H groups in total. The molecule has 0 radical (unpaired) electrons. The fourth-order valence-corrected chi connectivity index (χ4v) is 1.23. The highest BCUT2D eigenvalue weighted by molar-refractivity contribution is 5.80. The second-order valence-electron chi connectivity index (χ2n) is 3.26. The topological polar surface area (TPSA) is 52.3 Å². The van der Waals surface area contributed by atoms with Crippen LogP contribution in [0.4, 0.5) is 18.9 Å². The van der Waals surface area contributed by atoms with Crippen LogP contribution >= 0.6 is 0 Å². The lowest BCUT2D eigenvalue weighted by Gasteiger charge is -2.13. The van der Waals surface area contributed by atoms with Gasteiger partial charge in [-0.2, -0.15) is 0 Å². The van der Waals surface area contributed by atoms with Crippen LogP contribution in [-0.4, -0.2) is 12.1 Å². The van der Waals surface area contributed by atoms with Crippen molar-refractivity contribution in [3.8, 4) is 5.75 Å². The van der Waals surface area contributed by atoms with Gasteiger partial charge in [0.15, 0.2) is 5.75 Å². The molecule has 0 fully saturated rings. The lowest BCUT2D eigenvalue weighted by molar-refractivity contribution is -0.274. The van der Waals surface area contributed by atoms with Gasteiger partial charge in [0.25, 0.3) is 0 Å². The molecule has 88 valence electrons. The first kappa shape index (κ1) is 12.4. The third-order valence-corrected chi connectivity index (χ3v) is 1.82. The minimum atomic E-state index is -4.79. The fraction of sp³-hybridized carbons (Fsp3) is 0.300. The molecule has 0 aliphatic carbocycles. The van der Waals surface area contributed by atoms with Crippen LogP contribution in [0.1, 0.15) is 12.5 Å². The summed E-state index contributed by atoms with van der Waals surface area (Å²) in [6, 6.07) is 3.95. The molecule has 0 aromatic heterocycles. The average molecular weight is 233 g/mol. The van der Waals surface area contributed by atoms with E-state index in [-0.39, 0.29) is 17.9 Å². The Labute approximate surface area is 90.0 Å². The molecule has 1 aromatic carbocycles. The molecular formula is C10H10F3NO2. The van der Waals surface area contributed by atoms with Gasteiger partial charge < -0.3 is 10.5 Å². The van der Waals surface area contributed by atoms with Crippen LogP contribution in [-0.2, 0) is 11.2 Å². The minimum Gasteiger partial charge on any atom is -0.404 e. The van der Waals surface area contributed by atoms with Gasteiger partial charge in [-0.3, -0.25) is 4.79 Å². The predicted molar refractivity (Wildman–Crippen MR) is 51.9 cm³/mol. The zero-order valence-electron chi connectivity index (χ0n) is 8.47. The number of carbonyl (C=O) groups excluding carboxylic acids is 1. The largest absolute Gasteiger partial charge is 0.573 e. The molecule has 0 spiro atoms. The van der Waals surface area contributed by atoms with Crippen molar-refractivity contribution in [3.05, 3.63) is 23.8 Å². The standard InChI is InChI=1S/C10H10F3NO2/c1-6(15)5-7-3-2-4-8(9(7)14)16-10(11,12)13/h2-4H,5,14H2,1H3. The van der Waals surface area contributed by atoms with Crippen molar-refractivity contribution in [2.24, 2.45) is 0 Å². The summed E-state index contributed by atoms with van der Waals surface area (Å²) in [4.78, 5) is 10.8. The van der Waals surface area contributed by atoms with E-state index in [0.717, 1.165) is 6.07 Å². The number of alkyl halides is 3. The lowest BCUT2D eigenvalue weighted by Crippen LogP contribution is -2.18. The molecule has 0 aliphatic rings. The van der Waals surface area contributed by atoms with Crippen molar-refractivity contribution in [1.82, 2.24) is 0 Å². The third-order valence-electron chi connectivity index (χ3n) is 1.82. The SMILES string of the molecule is CC(=O)Cc1cccc(OC(F)(F)F)c1N. The van der Waals surface area contributed by atoms with Crippen LogP contribution in [0.5, 0.6) is 5.75 Å². The molecule has 6 heteroatoms. The smallest absolute Gasteiger partial charge is 0.404 e. The lowest BCUT2D eigenvalue weighted by atomic mass is 10.1. The molecule has 1 rings (SSSR count). The number of hydrogen-bond acceptors (Lipinski definition) is 3. The van der Waals surface area contributed by atoms with Crippen molar-refractivity contribution in [2.75, 3.05) is 5.73 Å². The van der Waals surface area contributed by atoms with Gasteiger partial charge >= 0.3 is 6.36 Å². The van der Waals surface area contributed by atoms with E-state index in [2.05, 4.69) is 4.74 Å². The van der Waals surface area contributed by atoms with Gasteiger partial charge in [0.05, 0.1) is 5.69 Å². The molecular weight excluding hydrogens is 223 g/mol. The van der Waals surface area contributed by atoms with E-state index in [0.29, 0.717) is 5.56 Å². The average Bonchev–Trinajstić information content (AvgIpc) is 2.09. The van der Waals surface area contributed by atoms with Crippen molar-refractivity contribution in [2.45, 2.75) is 19.7 Å². The van der Waals surface area contributed by atoms with E-state index in [1.54, 1.807) is 0 Å². The van der Waals surface area contributed by atoms with E-state index in [1.165, 1.54) is 19.1 Å². The Morgan fingerprint density at radius 3 is 2.56 bits per heavy atom. The van der Waals surface area contributed by atoms with E-state index in [1.807, 2.05) is 0 Å².